The zero-order valence-electron chi connectivity index (χ0n) is 11.7. The van der Waals surface area contributed by atoms with Crippen LogP contribution in [0.15, 0.2) is 24.3 Å². The van der Waals surface area contributed by atoms with E-state index in [1.165, 1.54) is 11.1 Å². The first-order valence-corrected chi connectivity index (χ1v) is 6.82. The Morgan fingerprint density at radius 3 is 2.58 bits per heavy atom. The molecule has 4 nitrogen and oxygen atoms in total. The second-order valence-corrected chi connectivity index (χ2v) is 5.01. The molecule has 104 valence electrons. The van der Waals surface area contributed by atoms with Crippen LogP contribution in [0.2, 0.25) is 0 Å². The van der Waals surface area contributed by atoms with Crippen LogP contribution in [-0.2, 0) is 9.53 Å². The van der Waals surface area contributed by atoms with E-state index in [-0.39, 0.29) is 11.9 Å². The monoisotopic (exact) mass is 262 g/mol. The molecule has 1 N–H and O–H groups in total. The Kier molecular flexibility index (Phi) is 4.93. The molecule has 0 spiro atoms. The molecule has 2 rings (SSSR count). The number of nitrogens with one attached hydrogen (secondary N) is 1. The third-order valence-electron chi connectivity index (χ3n) is 3.50. The largest absolute Gasteiger partial charge is 0.378 e. The Morgan fingerprint density at radius 2 is 1.95 bits per heavy atom. The van der Waals surface area contributed by atoms with E-state index in [1.54, 1.807) is 0 Å². The maximum absolute atomic E-state index is 12.0. The first-order valence-electron chi connectivity index (χ1n) is 6.82. The minimum atomic E-state index is 0.155. The van der Waals surface area contributed by atoms with Crippen molar-refractivity contribution in [3.05, 3.63) is 35.4 Å². The molecule has 0 saturated carbocycles. The molecule has 0 radical (unpaired) electrons. The molecule has 4 heteroatoms. The Hall–Kier alpha value is -1.39. The topological polar surface area (TPSA) is 41.6 Å². The van der Waals surface area contributed by atoms with Crippen molar-refractivity contribution >= 4 is 5.91 Å². The molecular formula is C15H22N2O2. The minimum Gasteiger partial charge on any atom is -0.378 e. The van der Waals surface area contributed by atoms with Gasteiger partial charge in [-0.15, -0.1) is 0 Å². The summed E-state index contributed by atoms with van der Waals surface area (Å²) in [6, 6.07) is 8.58. The van der Waals surface area contributed by atoms with E-state index >= 15 is 0 Å². The van der Waals surface area contributed by atoms with Crippen LogP contribution < -0.4 is 5.32 Å². The molecule has 1 aromatic carbocycles. The average molecular weight is 262 g/mol. The number of hydrogen-bond donors (Lipinski definition) is 1. The fourth-order valence-corrected chi connectivity index (χ4v) is 2.14. The van der Waals surface area contributed by atoms with Crippen molar-refractivity contribution in [3.63, 3.8) is 0 Å². The quantitative estimate of drug-likeness (QED) is 0.894. The average Bonchev–Trinajstić information content (AvgIpc) is 2.46. The van der Waals surface area contributed by atoms with E-state index in [2.05, 4.69) is 43.4 Å². The van der Waals surface area contributed by atoms with Crippen LogP contribution in [-0.4, -0.2) is 43.7 Å². The number of carbonyl (C=O) groups is 1. The van der Waals surface area contributed by atoms with Crippen LogP contribution in [0.1, 0.15) is 24.1 Å². The summed E-state index contributed by atoms with van der Waals surface area (Å²) in [5.74, 6) is 0.155. The van der Waals surface area contributed by atoms with Crippen LogP contribution in [0.3, 0.4) is 0 Å². The second-order valence-electron chi connectivity index (χ2n) is 5.01. The van der Waals surface area contributed by atoms with Gasteiger partial charge in [-0.1, -0.05) is 29.8 Å². The van der Waals surface area contributed by atoms with Crippen LogP contribution in [0.5, 0.6) is 0 Å². The number of hydrogen-bond acceptors (Lipinski definition) is 3. The van der Waals surface area contributed by atoms with Gasteiger partial charge < -0.3 is 15.0 Å². The predicted octanol–water partition coefficient (Wildman–Crippen LogP) is 1.50. The van der Waals surface area contributed by atoms with Crippen molar-refractivity contribution in [2.45, 2.75) is 19.9 Å². The lowest BCUT2D eigenvalue weighted by Gasteiger charge is -2.27. The third-order valence-corrected chi connectivity index (χ3v) is 3.50. The molecule has 1 heterocycles. The molecule has 1 aromatic rings. The van der Waals surface area contributed by atoms with Crippen molar-refractivity contribution in [1.29, 1.82) is 0 Å². The zero-order chi connectivity index (χ0) is 13.7. The Balaban J connectivity index is 1.80. The summed E-state index contributed by atoms with van der Waals surface area (Å²) < 4.78 is 5.24. The second kappa shape index (κ2) is 6.68. The third kappa shape index (κ3) is 4.04. The SMILES string of the molecule is Cc1ccc([C@@H](C)NCC(=O)N2CCOCC2)cc1. The first-order chi connectivity index (χ1) is 9.16. The highest BCUT2D eigenvalue weighted by atomic mass is 16.5. The van der Waals surface area contributed by atoms with Gasteiger partial charge in [-0.05, 0) is 19.4 Å². The summed E-state index contributed by atoms with van der Waals surface area (Å²) in [7, 11) is 0. The van der Waals surface area contributed by atoms with E-state index in [1.807, 2.05) is 4.90 Å². The van der Waals surface area contributed by atoms with Crippen molar-refractivity contribution in [3.8, 4) is 0 Å². The Morgan fingerprint density at radius 1 is 1.32 bits per heavy atom. The van der Waals surface area contributed by atoms with Gasteiger partial charge in [0.2, 0.25) is 5.91 Å². The van der Waals surface area contributed by atoms with E-state index in [9.17, 15) is 4.79 Å². The van der Waals surface area contributed by atoms with Crippen LogP contribution >= 0.6 is 0 Å². The summed E-state index contributed by atoms with van der Waals surface area (Å²) in [4.78, 5) is 13.9. The van der Waals surface area contributed by atoms with Gasteiger partial charge in [0.25, 0.3) is 0 Å². The van der Waals surface area contributed by atoms with Crippen molar-refractivity contribution < 1.29 is 9.53 Å². The molecule has 1 amide bonds. The van der Waals surface area contributed by atoms with E-state index in [4.69, 9.17) is 4.74 Å². The number of amides is 1. The Bertz CT molecular complexity index is 411. The van der Waals surface area contributed by atoms with Crippen molar-refractivity contribution in [1.82, 2.24) is 10.2 Å². The first kappa shape index (κ1) is 14.0. The fourth-order valence-electron chi connectivity index (χ4n) is 2.14. The number of ether oxygens (including phenoxy) is 1. The number of nitrogens with zero attached hydrogens (tertiary/aromatic N) is 1. The number of aryl methyl sites for hydroxylation is 1. The van der Waals surface area contributed by atoms with Gasteiger partial charge in [0.1, 0.15) is 0 Å². The molecule has 1 atom stereocenters. The standard InChI is InChI=1S/C15H22N2O2/c1-12-3-5-14(6-4-12)13(2)16-11-15(18)17-7-9-19-10-8-17/h3-6,13,16H,7-11H2,1-2H3/t13-/m1/s1. The molecule has 0 aliphatic carbocycles. The smallest absolute Gasteiger partial charge is 0.236 e. The van der Waals surface area contributed by atoms with Gasteiger partial charge in [-0.25, -0.2) is 0 Å². The van der Waals surface area contributed by atoms with Crippen LogP contribution in [0.4, 0.5) is 0 Å². The zero-order valence-corrected chi connectivity index (χ0v) is 11.7. The maximum atomic E-state index is 12.0. The van der Waals surface area contributed by atoms with E-state index in [0.717, 1.165) is 0 Å². The van der Waals surface area contributed by atoms with Crippen molar-refractivity contribution in [2.75, 3.05) is 32.8 Å². The normalized spacial score (nSPS) is 17.3. The summed E-state index contributed by atoms with van der Waals surface area (Å²) in [6.07, 6.45) is 0. The van der Waals surface area contributed by atoms with Gasteiger partial charge in [-0.2, -0.15) is 0 Å². The lowest BCUT2D eigenvalue weighted by molar-refractivity contribution is -0.134. The highest BCUT2D eigenvalue weighted by Crippen LogP contribution is 2.12. The highest BCUT2D eigenvalue weighted by Gasteiger charge is 2.17. The summed E-state index contributed by atoms with van der Waals surface area (Å²) in [5.41, 5.74) is 2.46. The van der Waals surface area contributed by atoms with Gasteiger partial charge in [0.05, 0.1) is 19.8 Å². The summed E-state index contributed by atoms with van der Waals surface area (Å²) >= 11 is 0. The number of carbonyl (C=O) groups excluding carboxylic acids is 1. The predicted molar refractivity (Wildman–Crippen MR) is 75.0 cm³/mol. The molecule has 0 unspecified atom stereocenters. The van der Waals surface area contributed by atoms with E-state index < -0.39 is 0 Å². The molecular weight excluding hydrogens is 240 g/mol. The maximum Gasteiger partial charge on any atom is 0.236 e. The van der Waals surface area contributed by atoms with Crippen molar-refractivity contribution in [2.24, 2.45) is 0 Å². The van der Waals surface area contributed by atoms with Gasteiger partial charge in [0.15, 0.2) is 0 Å². The highest BCUT2D eigenvalue weighted by molar-refractivity contribution is 5.78. The molecule has 1 aliphatic heterocycles. The molecule has 0 aromatic heterocycles. The fraction of sp³-hybridized carbons (Fsp3) is 0.533. The number of rotatable bonds is 4. The van der Waals surface area contributed by atoms with Crippen LogP contribution in [0.25, 0.3) is 0 Å². The minimum absolute atomic E-state index is 0.155. The summed E-state index contributed by atoms with van der Waals surface area (Å²) in [5, 5.41) is 3.28. The number of benzene rings is 1. The lowest BCUT2D eigenvalue weighted by Crippen LogP contribution is -2.45. The van der Waals surface area contributed by atoms with Crippen LogP contribution in [0, 0.1) is 6.92 Å². The van der Waals surface area contributed by atoms with Gasteiger partial charge in [0, 0.05) is 19.1 Å². The van der Waals surface area contributed by atoms with Gasteiger partial charge in [-0.3, -0.25) is 4.79 Å². The molecule has 0 bridgehead atoms. The number of morpholine rings is 1. The van der Waals surface area contributed by atoms with Gasteiger partial charge >= 0.3 is 0 Å². The molecule has 1 fully saturated rings. The molecule has 1 saturated heterocycles. The molecule has 19 heavy (non-hydrogen) atoms. The lowest BCUT2D eigenvalue weighted by atomic mass is 10.1. The Labute approximate surface area is 114 Å². The van der Waals surface area contributed by atoms with E-state index in [0.29, 0.717) is 32.8 Å². The summed E-state index contributed by atoms with van der Waals surface area (Å²) in [6.45, 7) is 7.26. The molecule has 1 aliphatic rings.